The molecule has 0 aliphatic rings. The zero-order valence-electron chi connectivity index (χ0n) is 11.9. The summed E-state index contributed by atoms with van der Waals surface area (Å²) in [7, 11) is 0. The lowest BCUT2D eigenvalue weighted by molar-refractivity contribution is -0.135. The first-order valence-electron chi connectivity index (χ1n) is 6.59. The number of hydrogen-bond acceptors (Lipinski definition) is 3. The van der Waals surface area contributed by atoms with E-state index in [-0.39, 0.29) is 5.11 Å². The van der Waals surface area contributed by atoms with E-state index in [9.17, 15) is 9.59 Å². The van der Waals surface area contributed by atoms with Crippen LogP contribution in [0.2, 0.25) is 0 Å². The maximum atomic E-state index is 11.8. The fourth-order valence-corrected chi connectivity index (χ4v) is 1.88. The highest BCUT2D eigenvalue weighted by Crippen LogP contribution is 2.08. The van der Waals surface area contributed by atoms with Gasteiger partial charge in [0.25, 0.3) is 0 Å². The summed E-state index contributed by atoms with van der Waals surface area (Å²) in [6, 6.07) is 16.2. The van der Waals surface area contributed by atoms with Crippen molar-refractivity contribution in [3.63, 3.8) is 0 Å². The summed E-state index contributed by atoms with van der Waals surface area (Å²) >= 11 is 4.99. The minimum Gasteiger partial charge on any atom is -0.332 e. The number of para-hydroxylation sites is 1. The number of hydrogen-bond donors (Lipinski definition) is 3. The van der Waals surface area contributed by atoms with Crippen LogP contribution in [0.15, 0.2) is 54.6 Å². The number of carbonyl (C=O) groups is 2. The van der Waals surface area contributed by atoms with Gasteiger partial charge in [0, 0.05) is 11.4 Å². The lowest BCUT2D eigenvalue weighted by Crippen LogP contribution is -2.41. The molecule has 0 bridgehead atoms. The Bertz CT molecular complexity index is 684. The number of anilines is 2. The zero-order chi connectivity index (χ0) is 15.9. The third-order valence-electron chi connectivity index (χ3n) is 2.77. The third-order valence-corrected chi connectivity index (χ3v) is 2.98. The van der Waals surface area contributed by atoms with Gasteiger partial charge in [-0.3, -0.25) is 14.9 Å². The molecular formula is C16H15N3O2S. The predicted octanol–water partition coefficient (Wildman–Crippen LogP) is 2.45. The lowest BCUT2D eigenvalue weighted by atomic mass is 10.2. The maximum absolute atomic E-state index is 11.8. The number of benzene rings is 2. The Morgan fingerprint density at radius 1 is 0.818 bits per heavy atom. The average molecular weight is 313 g/mol. The highest BCUT2D eigenvalue weighted by Gasteiger charge is 2.15. The molecule has 2 amide bonds. The largest absolute Gasteiger partial charge is 0.332 e. The van der Waals surface area contributed by atoms with Gasteiger partial charge in [0.1, 0.15) is 0 Å². The van der Waals surface area contributed by atoms with Gasteiger partial charge < -0.3 is 10.6 Å². The average Bonchev–Trinajstić information content (AvgIpc) is 2.50. The molecule has 0 saturated carbocycles. The van der Waals surface area contributed by atoms with Gasteiger partial charge in [0.05, 0.1) is 0 Å². The molecular weight excluding hydrogens is 298 g/mol. The van der Waals surface area contributed by atoms with Crippen LogP contribution in [0, 0.1) is 6.92 Å². The van der Waals surface area contributed by atoms with E-state index >= 15 is 0 Å². The van der Waals surface area contributed by atoms with Gasteiger partial charge in [-0.25, -0.2) is 0 Å². The Labute approximate surface area is 133 Å². The molecule has 3 N–H and O–H groups in total. The Morgan fingerprint density at radius 3 is 2.05 bits per heavy atom. The molecule has 112 valence electrons. The van der Waals surface area contributed by atoms with Gasteiger partial charge >= 0.3 is 11.8 Å². The second kappa shape index (κ2) is 7.33. The Kier molecular flexibility index (Phi) is 5.21. The van der Waals surface area contributed by atoms with Gasteiger partial charge in [-0.1, -0.05) is 35.9 Å². The molecule has 2 rings (SSSR count). The molecule has 0 heterocycles. The molecule has 0 atom stereocenters. The Hall–Kier alpha value is -2.73. The molecule has 0 aromatic heterocycles. The maximum Gasteiger partial charge on any atom is 0.315 e. The van der Waals surface area contributed by atoms with Crippen molar-refractivity contribution >= 4 is 40.5 Å². The summed E-state index contributed by atoms with van der Waals surface area (Å²) in [5.74, 6) is -1.60. The van der Waals surface area contributed by atoms with Crippen molar-refractivity contribution in [1.29, 1.82) is 0 Å². The van der Waals surface area contributed by atoms with Gasteiger partial charge in [-0.15, -0.1) is 0 Å². The van der Waals surface area contributed by atoms with Gasteiger partial charge in [-0.2, -0.15) is 0 Å². The first-order chi connectivity index (χ1) is 10.5. The smallest absolute Gasteiger partial charge is 0.315 e. The quantitative estimate of drug-likeness (QED) is 0.588. The summed E-state index contributed by atoms with van der Waals surface area (Å²) in [5.41, 5.74) is 2.34. The first-order valence-corrected chi connectivity index (χ1v) is 7.00. The Balaban J connectivity index is 1.87. The van der Waals surface area contributed by atoms with Crippen LogP contribution in [-0.2, 0) is 9.59 Å². The molecule has 2 aromatic carbocycles. The molecule has 6 heteroatoms. The summed E-state index contributed by atoms with van der Waals surface area (Å²) in [6.07, 6.45) is 0. The second-order valence-electron chi connectivity index (χ2n) is 4.59. The minimum atomic E-state index is -0.825. The van der Waals surface area contributed by atoms with Crippen LogP contribution >= 0.6 is 12.2 Å². The molecule has 0 aliphatic heterocycles. The summed E-state index contributed by atoms with van der Waals surface area (Å²) in [4.78, 5) is 23.5. The van der Waals surface area contributed by atoms with E-state index in [4.69, 9.17) is 12.2 Å². The van der Waals surface area contributed by atoms with Crippen molar-refractivity contribution in [2.75, 3.05) is 10.6 Å². The molecule has 5 nitrogen and oxygen atoms in total. The number of nitrogens with one attached hydrogen (secondary N) is 3. The highest BCUT2D eigenvalue weighted by atomic mass is 32.1. The topological polar surface area (TPSA) is 70.2 Å². The SMILES string of the molecule is Cc1ccc(NC(=O)C(=O)NC(=S)Nc2ccccc2)cc1. The lowest BCUT2D eigenvalue weighted by Gasteiger charge is -2.09. The molecule has 0 fully saturated rings. The molecule has 0 unspecified atom stereocenters. The predicted molar refractivity (Wildman–Crippen MR) is 90.6 cm³/mol. The highest BCUT2D eigenvalue weighted by molar-refractivity contribution is 7.80. The van der Waals surface area contributed by atoms with E-state index in [1.165, 1.54) is 0 Å². The normalized spacial score (nSPS) is 9.68. The monoisotopic (exact) mass is 313 g/mol. The number of amides is 2. The van der Waals surface area contributed by atoms with E-state index in [2.05, 4.69) is 16.0 Å². The van der Waals surface area contributed by atoms with Crippen molar-refractivity contribution in [2.24, 2.45) is 0 Å². The van der Waals surface area contributed by atoms with E-state index in [1.54, 1.807) is 24.3 Å². The molecule has 0 spiro atoms. The molecule has 22 heavy (non-hydrogen) atoms. The standard InChI is InChI=1S/C16H15N3O2S/c1-11-7-9-13(10-8-11)17-14(20)15(21)19-16(22)18-12-5-3-2-4-6-12/h2-10H,1H3,(H,17,20)(H2,18,19,21,22). The number of thiocarbonyl (C=S) groups is 1. The van der Waals surface area contributed by atoms with E-state index in [0.717, 1.165) is 11.3 Å². The van der Waals surface area contributed by atoms with Crippen LogP contribution in [0.25, 0.3) is 0 Å². The van der Waals surface area contributed by atoms with Crippen LogP contribution in [0.5, 0.6) is 0 Å². The van der Waals surface area contributed by atoms with Crippen LogP contribution in [-0.4, -0.2) is 16.9 Å². The van der Waals surface area contributed by atoms with Crippen LogP contribution < -0.4 is 16.0 Å². The number of rotatable bonds is 2. The summed E-state index contributed by atoms with van der Waals surface area (Å²) in [6.45, 7) is 1.94. The molecule has 0 radical (unpaired) electrons. The van der Waals surface area contributed by atoms with Gasteiger partial charge in [0.2, 0.25) is 0 Å². The fourth-order valence-electron chi connectivity index (χ4n) is 1.67. The van der Waals surface area contributed by atoms with Crippen LogP contribution in [0.4, 0.5) is 11.4 Å². The fraction of sp³-hybridized carbons (Fsp3) is 0.0625. The van der Waals surface area contributed by atoms with Crippen molar-refractivity contribution < 1.29 is 9.59 Å². The summed E-state index contributed by atoms with van der Waals surface area (Å²) < 4.78 is 0. The van der Waals surface area contributed by atoms with E-state index in [0.29, 0.717) is 5.69 Å². The van der Waals surface area contributed by atoms with Gasteiger partial charge in [-0.05, 0) is 43.4 Å². The third kappa shape index (κ3) is 4.68. The van der Waals surface area contributed by atoms with Crippen molar-refractivity contribution in [3.05, 3.63) is 60.2 Å². The minimum absolute atomic E-state index is 0.0651. The Morgan fingerprint density at radius 2 is 1.41 bits per heavy atom. The molecule has 0 aliphatic carbocycles. The van der Waals surface area contributed by atoms with Crippen molar-refractivity contribution in [2.45, 2.75) is 6.92 Å². The first kappa shape index (κ1) is 15.7. The van der Waals surface area contributed by atoms with E-state index in [1.807, 2.05) is 37.3 Å². The van der Waals surface area contributed by atoms with Crippen LogP contribution in [0.1, 0.15) is 5.56 Å². The van der Waals surface area contributed by atoms with Crippen LogP contribution in [0.3, 0.4) is 0 Å². The second-order valence-corrected chi connectivity index (χ2v) is 5.00. The number of aryl methyl sites for hydroxylation is 1. The van der Waals surface area contributed by atoms with Crippen molar-refractivity contribution in [1.82, 2.24) is 5.32 Å². The zero-order valence-corrected chi connectivity index (χ0v) is 12.7. The van der Waals surface area contributed by atoms with E-state index < -0.39 is 11.8 Å². The van der Waals surface area contributed by atoms with Gasteiger partial charge in [0.15, 0.2) is 5.11 Å². The number of carbonyl (C=O) groups excluding carboxylic acids is 2. The summed E-state index contributed by atoms with van der Waals surface area (Å²) in [5, 5.41) is 7.71. The van der Waals surface area contributed by atoms with Crippen molar-refractivity contribution in [3.8, 4) is 0 Å². The molecule has 0 saturated heterocycles. The molecule has 2 aromatic rings.